The largest absolute Gasteiger partial charge is 0.310 e. The van der Waals surface area contributed by atoms with Gasteiger partial charge in [0.25, 0.3) is 0 Å². The van der Waals surface area contributed by atoms with Crippen molar-refractivity contribution in [1.29, 1.82) is 0 Å². The molecule has 0 radical (unpaired) electrons. The van der Waals surface area contributed by atoms with Gasteiger partial charge in [-0.3, -0.25) is 0 Å². The summed E-state index contributed by atoms with van der Waals surface area (Å²) in [6.07, 6.45) is 9.12. The van der Waals surface area contributed by atoms with Gasteiger partial charge in [0.05, 0.1) is 0 Å². The molecule has 1 fully saturated rings. The molecule has 2 aliphatic rings. The van der Waals surface area contributed by atoms with Crippen molar-refractivity contribution in [1.82, 2.24) is 10.2 Å². The highest BCUT2D eigenvalue weighted by atomic mass is 15.1. The second-order valence-corrected chi connectivity index (χ2v) is 8.43. The molecule has 1 heterocycles. The maximum absolute atomic E-state index is 3.83. The highest BCUT2D eigenvalue weighted by Gasteiger charge is 2.20. The third-order valence-electron chi connectivity index (χ3n) is 6.49. The molecule has 4 rings (SSSR count). The van der Waals surface area contributed by atoms with Crippen molar-refractivity contribution in [3.05, 3.63) is 71.3 Å². The Morgan fingerprint density at radius 3 is 2.52 bits per heavy atom. The van der Waals surface area contributed by atoms with Crippen LogP contribution in [0.1, 0.15) is 54.8 Å². The summed E-state index contributed by atoms with van der Waals surface area (Å²) in [6.45, 7) is 4.95. The van der Waals surface area contributed by atoms with Crippen molar-refractivity contribution in [3.8, 4) is 0 Å². The molecule has 0 aromatic heterocycles. The molecule has 2 heteroatoms. The number of benzene rings is 2. The van der Waals surface area contributed by atoms with Crippen LogP contribution in [0.3, 0.4) is 0 Å². The van der Waals surface area contributed by atoms with Crippen LogP contribution in [-0.2, 0) is 12.8 Å². The second-order valence-electron chi connectivity index (χ2n) is 8.43. The third-order valence-corrected chi connectivity index (χ3v) is 6.49. The smallest absolute Gasteiger partial charge is 0.0323 e. The number of piperidine rings is 1. The first-order chi connectivity index (χ1) is 13.4. The molecule has 1 unspecified atom stereocenters. The van der Waals surface area contributed by atoms with E-state index in [0.29, 0.717) is 6.04 Å². The molecule has 1 atom stereocenters. The Labute approximate surface area is 165 Å². The Hall–Kier alpha value is -1.64. The molecule has 0 saturated carbocycles. The van der Waals surface area contributed by atoms with Crippen LogP contribution < -0.4 is 5.32 Å². The minimum atomic E-state index is 0.576. The molecular formula is C25H34N2. The van der Waals surface area contributed by atoms with Gasteiger partial charge in [-0.25, -0.2) is 0 Å². The number of aryl methyl sites for hydroxylation is 1. The average Bonchev–Trinajstić information content (AvgIpc) is 2.73. The molecule has 0 spiro atoms. The minimum absolute atomic E-state index is 0.576. The zero-order valence-electron chi connectivity index (χ0n) is 16.6. The van der Waals surface area contributed by atoms with Gasteiger partial charge in [0, 0.05) is 6.04 Å². The molecule has 0 amide bonds. The lowest BCUT2D eigenvalue weighted by atomic mass is 9.88. The fraction of sp³-hybridized carbons (Fsp3) is 0.520. The molecule has 1 aliphatic heterocycles. The summed E-state index contributed by atoms with van der Waals surface area (Å²) < 4.78 is 0. The summed E-state index contributed by atoms with van der Waals surface area (Å²) in [5, 5.41) is 3.83. The predicted molar refractivity (Wildman–Crippen MR) is 114 cm³/mol. The Morgan fingerprint density at radius 2 is 1.67 bits per heavy atom. The average molecular weight is 363 g/mol. The lowest BCUT2D eigenvalue weighted by Gasteiger charge is -2.32. The lowest BCUT2D eigenvalue weighted by molar-refractivity contribution is 0.181. The van der Waals surface area contributed by atoms with E-state index in [4.69, 9.17) is 0 Å². The van der Waals surface area contributed by atoms with Gasteiger partial charge in [0.1, 0.15) is 0 Å². The van der Waals surface area contributed by atoms with E-state index in [2.05, 4.69) is 64.8 Å². The molecule has 27 heavy (non-hydrogen) atoms. The second kappa shape index (κ2) is 9.52. The van der Waals surface area contributed by atoms with Gasteiger partial charge in [-0.2, -0.15) is 0 Å². The molecule has 1 N–H and O–H groups in total. The molecule has 2 aromatic rings. The van der Waals surface area contributed by atoms with E-state index in [-0.39, 0.29) is 0 Å². The SMILES string of the molecule is c1ccc(CC2CCN(CCCNC3CCCc4ccccc43)CC2)cc1. The van der Waals surface area contributed by atoms with E-state index in [1.165, 1.54) is 70.1 Å². The maximum atomic E-state index is 3.83. The van der Waals surface area contributed by atoms with Gasteiger partial charge in [0.2, 0.25) is 0 Å². The van der Waals surface area contributed by atoms with E-state index in [0.717, 1.165) is 12.5 Å². The van der Waals surface area contributed by atoms with E-state index in [9.17, 15) is 0 Å². The Bertz CT molecular complexity index is 688. The topological polar surface area (TPSA) is 15.3 Å². The summed E-state index contributed by atoms with van der Waals surface area (Å²) in [7, 11) is 0. The van der Waals surface area contributed by atoms with Crippen LogP contribution in [0.5, 0.6) is 0 Å². The predicted octanol–water partition coefficient (Wildman–Crippen LogP) is 5.00. The fourth-order valence-electron chi connectivity index (χ4n) is 4.91. The molecular weight excluding hydrogens is 328 g/mol. The van der Waals surface area contributed by atoms with Crippen LogP contribution in [0.2, 0.25) is 0 Å². The van der Waals surface area contributed by atoms with Crippen molar-refractivity contribution in [3.63, 3.8) is 0 Å². The van der Waals surface area contributed by atoms with Crippen molar-refractivity contribution in [2.75, 3.05) is 26.2 Å². The van der Waals surface area contributed by atoms with E-state index >= 15 is 0 Å². The standard InChI is InChI=1S/C25H34N2/c1-2-8-21(9-3-1)20-22-14-18-27(19-15-22)17-7-16-26-25-13-6-11-23-10-4-5-12-24(23)25/h1-5,8-10,12,22,25-26H,6-7,11,13-20H2. The van der Waals surface area contributed by atoms with Crippen LogP contribution >= 0.6 is 0 Å². The first-order valence-electron chi connectivity index (χ1n) is 11.0. The summed E-state index contributed by atoms with van der Waals surface area (Å²) in [4.78, 5) is 2.68. The van der Waals surface area contributed by atoms with E-state index < -0.39 is 0 Å². The number of nitrogens with one attached hydrogen (secondary N) is 1. The zero-order valence-corrected chi connectivity index (χ0v) is 16.6. The first-order valence-corrected chi connectivity index (χ1v) is 11.0. The van der Waals surface area contributed by atoms with Gasteiger partial charge in [-0.15, -0.1) is 0 Å². The number of nitrogens with zero attached hydrogens (tertiary/aromatic N) is 1. The number of fused-ring (bicyclic) bond motifs is 1. The quantitative estimate of drug-likeness (QED) is 0.697. The van der Waals surface area contributed by atoms with Gasteiger partial charge >= 0.3 is 0 Å². The summed E-state index contributed by atoms with van der Waals surface area (Å²) in [6, 6.07) is 20.6. The van der Waals surface area contributed by atoms with Gasteiger partial charge in [0.15, 0.2) is 0 Å². The third kappa shape index (κ3) is 5.21. The van der Waals surface area contributed by atoms with Gasteiger partial charge in [-0.05, 0) is 93.7 Å². The van der Waals surface area contributed by atoms with Gasteiger partial charge in [-0.1, -0.05) is 54.6 Å². The minimum Gasteiger partial charge on any atom is -0.310 e. The number of hydrogen-bond donors (Lipinski definition) is 1. The highest BCUT2D eigenvalue weighted by Crippen LogP contribution is 2.29. The summed E-state index contributed by atoms with van der Waals surface area (Å²) in [5.41, 5.74) is 4.61. The van der Waals surface area contributed by atoms with E-state index in [1.54, 1.807) is 11.1 Å². The van der Waals surface area contributed by atoms with Crippen LogP contribution in [0.25, 0.3) is 0 Å². The van der Waals surface area contributed by atoms with Crippen molar-refractivity contribution in [2.45, 2.75) is 51.0 Å². The van der Waals surface area contributed by atoms with Crippen molar-refractivity contribution in [2.24, 2.45) is 5.92 Å². The molecule has 2 aromatic carbocycles. The summed E-state index contributed by atoms with van der Waals surface area (Å²) in [5.74, 6) is 0.875. The number of likely N-dealkylation sites (tertiary alicyclic amines) is 1. The van der Waals surface area contributed by atoms with Crippen LogP contribution in [-0.4, -0.2) is 31.1 Å². The first kappa shape index (κ1) is 18.7. The Morgan fingerprint density at radius 1 is 0.889 bits per heavy atom. The Balaban J connectivity index is 1.14. The number of rotatable bonds is 7. The molecule has 1 saturated heterocycles. The molecule has 0 bridgehead atoms. The molecule has 2 nitrogen and oxygen atoms in total. The highest BCUT2D eigenvalue weighted by molar-refractivity contribution is 5.32. The fourth-order valence-corrected chi connectivity index (χ4v) is 4.91. The van der Waals surface area contributed by atoms with E-state index in [1.807, 2.05) is 0 Å². The van der Waals surface area contributed by atoms with Crippen LogP contribution in [0, 0.1) is 5.92 Å². The number of hydrogen-bond acceptors (Lipinski definition) is 2. The van der Waals surface area contributed by atoms with Crippen molar-refractivity contribution >= 4 is 0 Å². The monoisotopic (exact) mass is 362 g/mol. The van der Waals surface area contributed by atoms with Crippen LogP contribution in [0.4, 0.5) is 0 Å². The zero-order chi connectivity index (χ0) is 18.3. The molecule has 144 valence electrons. The molecule has 1 aliphatic carbocycles. The van der Waals surface area contributed by atoms with Crippen molar-refractivity contribution < 1.29 is 0 Å². The normalized spacial score (nSPS) is 21.1. The Kier molecular flexibility index (Phi) is 6.60. The lowest BCUT2D eigenvalue weighted by Crippen LogP contribution is -2.36. The summed E-state index contributed by atoms with van der Waals surface area (Å²) >= 11 is 0. The van der Waals surface area contributed by atoms with Crippen LogP contribution in [0.15, 0.2) is 54.6 Å². The maximum Gasteiger partial charge on any atom is 0.0323 e. The van der Waals surface area contributed by atoms with Gasteiger partial charge < -0.3 is 10.2 Å².